The van der Waals surface area contributed by atoms with Gasteiger partial charge in [-0.3, -0.25) is 19.3 Å². The average Bonchev–Trinajstić information content (AvgIpc) is 2.90. The van der Waals surface area contributed by atoms with E-state index in [0.29, 0.717) is 19.4 Å². The Hall–Kier alpha value is -2.12. The molecule has 0 unspecified atom stereocenters. The van der Waals surface area contributed by atoms with Gasteiger partial charge in [0.05, 0.1) is 0 Å². The van der Waals surface area contributed by atoms with E-state index in [1.807, 2.05) is 20.8 Å². The van der Waals surface area contributed by atoms with E-state index in [-0.39, 0.29) is 18.6 Å². The van der Waals surface area contributed by atoms with E-state index in [0.717, 1.165) is 30.6 Å². The maximum atomic E-state index is 12.5. The first-order valence-corrected chi connectivity index (χ1v) is 9.47. The van der Waals surface area contributed by atoms with Gasteiger partial charge in [0.25, 0.3) is 11.8 Å². The number of urea groups is 1. The smallest absolute Gasteiger partial charge is 0.326 e. The zero-order valence-corrected chi connectivity index (χ0v) is 15.9. The van der Waals surface area contributed by atoms with Crippen molar-refractivity contribution in [1.29, 1.82) is 0 Å². The molecule has 2 rings (SSSR count). The van der Waals surface area contributed by atoms with Gasteiger partial charge in [-0.05, 0) is 38.5 Å². The molecule has 0 aromatic heterocycles. The molecule has 0 bridgehead atoms. The highest BCUT2D eigenvalue weighted by Gasteiger charge is 2.49. The standard InChI is InChI=1S/C18H29N3O5/c1-4-13-9-7-8-10-20(13)14(22)12-26-15(23)11-21-16(24)18(5-2,6-3)19-17(21)25/h13H,4-12H2,1-3H3,(H,19,25)/t13-/m1/s1. The van der Waals surface area contributed by atoms with E-state index in [2.05, 4.69) is 5.32 Å². The van der Waals surface area contributed by atoms with Crippen LogP contribution in [0, 0.1) is 0 Å². The zero-order valence-electron chi connectivity index (χ0n) is 15.9. The highest BCUT2D eigenvalue weighted by Crippen LogP contribution is 2.24. The monoisotopic (exact) mass is 367 g/mol. The van der Waals surface area contributed by atoms with Gasteiger partial charge in [-0.2, -0.15) is 0 Å². The summed E-state index contributed by atoms with van der Waals surface area (Å²) < 4.78 is 5.04. The summed E-state index contributed by atoms with van der Waals surface area (Å²) in [6, 6.07) is -0.403. The van der Waals surface area contributed by atoms with E-state index in [4.69, 9.17) is 4.74 Å². The number of nitrogens with zero attached hydrogens (tertiary/aromatic N) is 2. The molecule has 2 heterocycles. The van der Waals surface area contributed by atoms with Crippen LogP contribution in [0.4, 0.5) is 4.79 Å². The van der Waals surface area contributed by atoms with E-state index in [9.17, 15) is 19.2 Å². The number of carbonyl (C=O) groups is 4. The van der Waals surface area contributed by atoms with E-state index in [1.165, 1.54) is 0 Å². The van der Waals surface area contributed by atoms with Crippen LogP contribution in [-0.2, 0) is 19.1 Å². The van der Waals surface area contributed by atoms with Gasteiger partial charge >= 0.3 is 12.0 Å². The quantitative estimate of drug-likeness (QED) is 0.542. The fourth-order valence-electron chi connectivity index (χ4n) is 3.70. The van der Waals surface area contributed by atoms with Crippen molar-refractivity contribution < 1.29 is 23.9 Å². The van der Waals surface area contributed by atoms with Crippen molar-refractivity contribution in [2.24, 2.45) is 0 Å². The van der Waals surface area contributed by atoms with Crippen molar-refractivity contribution in [1.82, 2.24) is 15.1 Å². The van der Waals surface area contributed by atoms with Crippen LogP contribution in [0.5, 0.6) is 0 Å². The van der Waals surface area contributed by atoms with Crippen molar-refractivity contribution in [3.8, 4) is 0 Å². The molecule has 146 valence electrons. The SMILES string of the molecule is CC[C@@H]1CCCCN1C(=O)COC(=O)CN1C(=O)NC(CC)(CC)C1=O. The Labute approximate surface area is 154 Å². The zero-order chi connectivity index (χ0) is 19.3. The van der Waals surface area contributed by atoms with Crippen LogP contribution in [0.1, 0.15) is 59.3 Å². The fourth-order valence-corrected chi connectivity index (χ4v) is 3.70. The third-order valence-corrected chi connectivity index (χ3v) is 5.52. The maximum Gasteiger partial charge on any atom is 0.326 e. The Morgan fingerprint density at radius 3 is 2.46 bits per heavy atom. The van der Waals surface area contributed by atoms with Crippen LogP contribution in [-0.4, -0.2) is 64.9 Å². The lowest BCUT2D eigenvalue weighted by Crippen LogP contribution is -2.46. The molecule has 8 nitrogen and oxygen atoms in total. The van der Waals surface area contributed by atoms with Crippen LogP contribution >= 0.6 is 0 Å². The predicted molar refractivity (Wildman–Crippen MR) is 94.2 cm³/mol. The summed E-state index contributed by atoms with van der Waals surface area (Å²) in [5.74, 6) is -1.40. The van der Waals surface area contributed by atoms with Crippen molar-refractivity contribution in [3.63, 3.8) is 0 Å². The molecule has 2 aliphatic rings. The summed E-state index contributed by atoms with van der Waals surface area (Å²) >= 11 is 0. The van der Waals surface area contributed by atoms with Gasteiger partial charge in [0.1, 0.15) is 12.1 Å². The molecule has 2 aliphatic heterocycles. The number of ether oxygens (including phenoxy) is 1. The molecular weight excluding hydrogens is 338 g/mol. The number of amides is 4. The number of likely N-dealkylation sites (tertiary alicyclic amines) is 1. The summed E-state index contributed by atoms with van der Waals surface area (Å²) in [6.07, 6.45) is 4.80. The van der Waals surface area contributed by atoms with Crippen LogP contribution in [0.2, 0.25) is 0 Å². The minimum Gasteiger partial charge on any atom is -0.454 e. The second-order valence-electron chi connectivity index (χ2n) is 6.92. The summed E-state index contributed by atoms with van der Waals surface area (Å²) in [7, 11) is 0. The van der Waals surface area contributed by atoms with E-state index in [1.54, 1.807) is 4.90 Å². The number of carbonyl (C=O) groups excluding carboxylic acids is 4. The lowest BCUT2D eigenvalue weighted by Gasteiger charge is -2.35. The second kappa shape index (κ2) is 8.51. The molecule has 0 aliphatic carbocycles. The van der Waals surface area contributed by atoms with Crippen LogP contribution in [0.15, 0.2) is 0 Å². The summed E-state index contributed by atoms with van der Waals surface area (Å²) in [4.78, 5) is 51.5. The first-order chi connectivity index (χ1) is 12.4. The summed E-state index contributed by atoms with van der Waals surface area (Å²) in [5, 5.41) is 2.66. The molecule has 0 radical (unpaired) electrons. The molecule has 2 fully saturated rings. The molecular formula is C18H29N3O5. The van der Waals surface area contributed by atoms with Crippen LogP contribution in [0.3, 0.4) is 0 Å². The maximum absolute atomic E-state index is 12.5. The van der Waals surface area contributed by atoms with Gasteiger partial charge < -0.3 is 15.0 Å². The van der Waals surface area contributed by atoms with Gasteiger partial charge in [0.15, 0.2) is 6.61 Å². The molecule has 0 aromatic carbocycles. The number of esters is 1. The van der Waals surface area contributed by atoms with Gasteiger partial charge in [-0.15, -0.1) is 0 Å². The van der Waals surface area contributed by atoms with E-state index < -0.39 is 30.0 Å². The number of imide groups is 1. The van der Waals surface area contributed by atoms with Crippen molar-refractivity contribution in [3.05, 3.63) is 0 Å². The molecule has 1 N–H and O–H groups in total. The molecule has 2 saturated heterocycles. The largest absolute Gasteiger partial charge is 0.454 e. The van der Waals surface area contributed by atoms with Crippen LogP contribution in [0.25, 0.3) is 0 Å². The minimum atomic E-state index is -0.949. The van der Waals surface area contributed by atoms with Crippen LogP contribution < -0.4 is 5.32 Å². The predicted octanol–water partition coefficient (Wildman–Crippen LogP) is 1.43. The van der Waals surface area contributed by atoms with Crippen molar-refractivity contribution in [2.45, 2.75) is 70.9 Å². The first-order valence-electron chi connectivity index (χ1n) is 9.47. The average molecular weight is 367 g/mol. The first kappa shape index (κ1) is 20.2. The Morgan fingerprint density at radius 1 is 1.19 bits per heavy atom. The van der Waals surface area contributed by atoms with Crippen molar-refractivity contribution >= 4 is 23.8 Å². The highest BCUT2D eigenvalue weighted by molar-refractivity contribution is 6.08. The van der Waals surface area contributed by atoms with E-state index >= 15 is 0 Å². The molecule has 0 saturated carbocycles. The molecule has 8 heteroatoms. The van der Waals surface area contributed by atoms with Gasteiger partial charge in [0, 0.05) is 12.6 Å². The fraction of sp³-hybridized carbons (Fsp3) is 0.778. The van der Waals surface area contributed by atoms with Gasteiger partial charge in [0.2, 0.25) is 0 Å². The lowest BCUT2D eigenvalue weighted by molar-refractivity contribution is -0.155. The number of piperidine rings is 1. The third-order valence-electron chi connectivity index (χ3n) is 5.52. The molecule has 26 heavy (non-hydrogen) atoms. The number of hydrogen-bond donors (Lipinski definition) is 1. The van der Waals surface area contributed by atoms with Gasteiger partial charge in [-0.25, -0.2) is 4.79 Å². The minimum absolute atomic E-state index is 0.190. The summed E-state index contributed by atoms with van der Waals surface area (Å²) in [6.45, 7) is 5.50. The molecule has 1 atom stereocenters. The van der Waals surface area contributed by atoms with Gasteiger partial charge in [-0.1, -0.05) is 20.8 Å². The Morgan fingerprint density at radius 2 is 1.88 bits per heavy atom. The third kappa shape index (κ3) is 3.99. The highest BCUT2D eigenvalue weighted by atomic mass is 16.5. The van der Waals surface area contributed by atoms with Crippen molar-refractivity contribution in [2.75, 3.05) is 19.7 Å². The Balaban J connectivity index is 1.88. The Bertz CT molecular complexity index is 573. The molecule has 0 spiro atoms. The number of nitrogens with one attached hydrogen (secondary N) is 1. The normalized spacial score (nSPS) is 22.3. The molecule has 0 aromatic rings. The second-order valence-corrected chi connectivity index (χ2v) is 6.92. The summed E-state index contributed by atoms with van der Waals surface area (Å²) in [5.41, 5.74) is -0.949. The molecule has 4 amide bonds. The number of rotatable bonds is 7. The number of hydrogen-bond acceptors (Lipinski definition) is 5. The lowest BCUT2D eigenvalue weighted by atomic mass is 9.93. The topological polar surface area (TPSA) is 96.0 Å². The Kier molecular flexibility index (Phi) is 6.61.